The molecule has 1 unspecified atom stereocenters. The summed E-state index contributed by atoms with van der Waals surface area (Å²) in [5, 5.41) is 17.0. The monoisotopic (exact) mass is 477 g/mol. The second-order valence-corrected chi connectivity index (χ2v) is 12.3. The van der Waals surface area contributed by atoms with Crippen LogP contribution in [0.25, 0.3) is 0 Å². The van der Waals surface area contributed by atoms with E-state index in [0.717, 1.165) is 37.5 Å². The van der Waals surface area contributed by atoms with Gasteiger partial charge in [0, 0.05) is 11.3 Å². The number of aliphatic carboxylic acids is 1. The lowest BCUT2D eigenvalue weighted by Gasteiger charge is -2.54. The van der Waals surface area contributed by atoms with Gasteiger partial charge >= 0.3 is 5.97 Å². The lowest BCUT2D eigenvalue weighted by molar-refractivity contribution is -0.143. The number of nitrogens with one attached hydrogen (secondary N) is 1. The van der Waals surface area contributed by atoms with Gasteiger partial charge in [-0.3, -0.25) is 9.59 Å². The number of aromatic nitrogens is 1. The Bertz CT molecular complexity index is 867. The first kappa shape index (κ1) is 23.0. The van der Waals surface area contributed by atoms with E-state index in [1.807, 2.05) is 0 Å². The number of nitrogens with zero attached hydrogens (tertiary/aromatic N) is 1. The maximum atomic E-state index is 13.4. The molecule has 9 heteroatoms. The van der Waals surface area contributed by atoms with E-state index in [-0.39, 0.29) is 30.2 Å². The van der Waals surface area contributed by atoms with Crippen LogP contribution in [0, 0.1) is 23.7 Å². The highest BCUT2D eigenvalue weighted by molar-refractivity contribution is 8.00. The number of hydrogen-bond acceptors (Lipinski definition) is 7. The van der Waals surface area contributed by atoms with E-state index in [1.165, 1.54) is 45.4 Å². The van der Waals surface area contributed by atoms with E-state index in [4.69, 9.17) is 15.0 Å². The van der Waals surface area contributed by atoms with E-state index in [0.29, 0.717) is 22.0 Å². The molecule has 4 bridgehead atoms. The summed E-state index contributed by atoms with van der Waals surface area (Å²) in [6.45, 7) is 1.13. The van der Waals surface area contributed by atoms with Crippen LogP contribution >= 0.6 is 11.8 Å². The first-order chi connectivity index (χ1) is 15.8. The van der Waals surface area contributed by atoms with Gasteiger partial charge in [0.05, 0.1) is 0 Å². The van der Waals surface area contributed by atoms with Crippen molar-refractivity contribution in [2.24, 2.45) is 29.4 Å². The molecule has 5 saturated carbocycles. The van der Waals surface area contributed by atoms with E-state index >= 15 is 0 Å². The predicted molar refractivity (Wildman–Crippen MR) is 123 cm³/mol. The molecule has 33 heavy (non-hydrogen) atoms. The third-order valence-electron chi connectivity index (χ3n) is 8.19. The fourth-order valence-electron chi connectivity index (χ4n) is 6.61. The molecule has 1 atom stereocenters. The van der Waals surface area contributed by atoms with Crippen LogP contribution < -0.4 is 15.8 Å². The molecule has 182 valence electrons. The number of carboxylic acid groups (broad SMARTS) is 1. The van der Waals surface area contributed by atoms with Gasteiger partial charge in [-0.15, -0.1) is 11.8 Å². The average Bonchev–Trinajstić information content (AvgIpc) is 3.17. The fraction of sp³-hybridized carbons (Fsp3) is 0.792. The molecule has 0 radical (unpaired) electrons. The van der Waals surface area contributed by atoms with Crippen molar-refractivity contribution in [1.29, 1.82) is 0 Å². The molecule has 0 aliphatic heterocycles. The zero-order valence-electron chi connectivity index (χ0n) is 19.3. The molecule has 0 saturated heterocycles. The summed E-state index contributed by atoms with van der Waals surface area (Å²) < 4.78 is 11.2. The van der Waals surface area contributed by atoms with Gasteiger partial charge in [-0.2, -0.15) is 0 Å². The summed E-state index contributed by atoms with van der Waals surface area (Å²) in [5.74, 6) is 1.75. The molecule has 4 N–H and O–H groups in total. The smallest absolute Gasteiger partial charge is 0.326 e. The normalized spacial score (nSPS) is 33.0. The van der Waals surface area contributed by atoms with Crippen molar-refractivity contribution in [3.05, 3.63) is 5.76 Å². The highest BCUT2D eigenvalue weighted by Crippen LogP contribution is 2.53. The van der Waals surface area contributed by atoms with Crippen molar-refractivity contribution in [2.45, 2.75) is 92.9 Å². The van der Waals surface area contributed by atoms with Gasteiger partial charge < -0.3 is 25.4 Å². The number of thioether (sulfide) groups is 1. The van der Waals surface area contributed by atoms with Crippen LogP contribution in [0.5, 0.6) is 5.88 Å². The van der Waals surface area contributed by atoms with Crippen LogP contribution in [0.15, 0.2) is 9.42 Å². The topological polar surface area (TPSA) is 128 Å². The van der Waals surface area contributed by atoms with Gasteiger partial charge in [0.2, 0.25) is 5.76 Å². The number of carboxylic acids is 1. The summed E-state index contributed by atoms with van der Waals surface area (Å²) in [6, 6.07) is 0.201. The minimum atomic E-state index is -1.56. The number of amides is 1. The Labute approximate surface area is 198 Å². The Morgan fingerprint density at radius 2 is 1.79 bits per heavy atom. The average molecular weight is 478 g/mol. The van der Waals surface area contributed by atoms with Crippen molar-refractivity contribution in [3.8, 4) is 5.88 Å². The Balaban J connectivity index is 1.33. The molecule has 1 amide bonds. The molecular weight excluding hydrogens is 442 g/mol. The summed E-state index contributed by atoms with van der Waals surface area (Å²) in [5.41, 5.74) is 4.27. The maximum absolute atomic E-state index is 13.4. The zero-order chi connectivity index (χ0) is 23.2. The molecule has 5 aliphatic rings. The minimum absolute atomic E-state index is 0.165. The number of nitrogens with two attached hydrogens (primary N) is 1. The van der Waals surface area contributed by atoms with E-state index in [9.17, 15) is 14.7 Å². The number of hydrogen-bond donors (Lipinski definition) is 3. The first-order valence-corrected chi connectivity index (χ1v) is 13.3. The van der Waals surface area contributed by atoms with Gasteiger partial charge in [0.1, 0.15) is 17.0 Å². The van der Waals surface area contributed by atoms with Crippen LogP contribution in [0.2, 0.25) is 0 Å². The van der Waals surface area contributed by atoms with Crippen molar-refractivity contribution >= 4 is 23.6 Å². The lowest BCUT2D eigenvalue weighted by atomic mass is 9.54. The van der Waals surface area contributed by atoms with E-state index < -0.39 is 11.5 Å². The number of carbonyl (C=O) groups excluding carboxylic acids is 1. The van der Waals surface area contributed by atoms with Gasteiger partial charge in [0.25, 0.3) is 11.8 Å². The molecule has 5 aliphatic carbocycles. The highest BCUT2D eigenvalue weighted by atomic mass is 32.2. The highest BCUT2D eigenvalue weighted by Gasteiger charge is 2.49. The van der Waals surface area contributed by atoms with Gasteiger partial charge in [-0.1, -0.05) is 19.3 Å². The van der Waals surface area contributed by atoms with Gasteiger partial charge in [-0.05, 0) is 80.7 Å². The Morgan fingerprint density at radius 1 is 1.15 bits per heavy atom. The molecule has 8 nitrogen and oxygen atoms in total. The minimum Gasteiger partial charge on any atom is -0.480 e. The Hall–Kier alpha value is -1.74. The van der Waals surface area contributed by atoms with Crippen LogP contribution in [-0.4, -0.2) is 45.6 Å². The quantitative estimate of drug-likeness (QED) is 0.515. The molecule has 0 aromatic carbocycles. The molecule has 1 heterocycles. The fourth-order valence-corrected chi connectivity index (χ4v) is 7.95. The Kier molecular flexibility index (Phi) is 6.37. The largest absolute Gasteiger partial charge is 0.480 e. The summed E-state index contributed by atoms with van der Waals surface area (Å²) in [4.78, 5) is 25.3. The summed E-state index contributed by atoms with van der Waals surface area (Å²) in [6.07, 6.45) is 11.9. The standard InChI is InChI=1S/C24H35N3O5S/c1-24(25,23(29)30)12-31-22-20(33-17-5-3-2-4-6-17)19(32-27-22)21(28)26-18-15-8-13-7-14(10-15)11-16(18)9-13/h13-18H,2-12,25H2,1H3,(H,26,28)(H,29,30). The van der Waals surface area contributed by atoms with E-state index in [2.05, 4.69) is 10.5 Å². The number of carbonyl (C=O) groups is 2. The number of rotatable bonds is 8. The zero-order valence-corrected chi connectivity index (χ0v) is 20.1. The molecule has 5 fully saturated rings. The van der Waals surface area contributed by atoms with Crippen LogP contribution in [0.3, 0.4) is 0 Å². The van der Waals surface area contributed by atoms with Crippen molar-refractivity contribution in [1.82, 2.24) is 10.5 Å². The molecule has 6 rings (SSSR count). The van der Waals surface area contributed by atoms with Crippen LogP contribution in [0.4, 0.5) is 0 Å². The molecule has 1 aromatic heterocycles. The number of ether oxygens (including phenoxy) is 1. The van der Waals surface area contributed by atoms with Crippen molar-refractivity contribution < 1.29 is 24.0 Å². The van der Waals surface area contributed by atoms with Crippen molar-refractivity contribution in [3.63, 3.8) is 0 Å². The second-order valence-electron chi connectivity index (χ2n) is 11.0. The predicted octanol–water partition coefficient (Wildman–Crippen LogP) is 3.83. The SMILES string of the molecule is CC(N)(COc1noc(C(=O)NC2C3CC4CC(C3)CC2C4)c1SC1CCCCC1)C(=O)O. The van der Waals surface area contributed by atoms with Crippen molar-refractivity contribution in [2.75, 3.05) is 6.61 Å². The first-order valence-electron chi connectivity index (χ1n) is 12.4. The Morgan fingerprint density at radius 3 is 2.39 bits per heavy atom. The van der Waals surface area contributed by atoms with Crippen LogP contribution in [0.1, 0.15) is 81.7 Å². The van der Waals surface area contributed by atoms with Gasteiger partial charge in [-0.25, -0.2) is 0 Å². The third kappa shape index (κ3) is 4.76. The lowest BCUT2D eigenvalue weighted by Crippen LogP contribution is -2.55. The van der Waals surface area contributed by atoms with Crippen LogP contribution in [-0.2, 0) is 4.79 Å². The summed E-state index contributed by atoms with van der Waals surface area (Å²) >= 11 is 1.57. The van der Waals surface area contributed by atoms with Gasteiger partial charge in [0.15, 0.2) is 0 Å². The third-order valence-corrected chi connectivity index (χ3v) is 9.59. The maximum Gasteiger partial charge on any atom is 0.326 e. The molecule has 1 aromatic rings. The molecular formula is C24H35N3O5S. The second kappa shape index (κ2) is 9.13. The van der Waals surface area contributed by atoms with E-state index in [1.54, 1.807) is 11.8 Å². The molecule has 0 spiro atoms. The summed E-state index contributed by atoms with van der Waals surface area (Å²) in [7, 11) is 0.